The van der Waals surface area contributed by atoms with Crippen molar-refractivity contribution in [1.29, 1.82) is 0 Å². The summed E-state index contributed by atoms with van der Waals surface area (Å²) >= 11 is 0. The van der Waals surface area contributed by atoms with E-state index in [1.54, 1.807) is 0 Å². The van der Waals surface area contributed by atoms with E-state index >= 15 is 0 Å². The first-order valence-corrected chi connectivity index (χ1v) is 8.75. The van der Waals surface area contributed by atoms with Crippen LogP contribution < -0.4 is 0 Å². The van der Waals surface area contributed by atoms with Crippen molar-refractivity contribution in [2.75, 3.05) is 19.6 Å². The molecule has 0 aliphatic heterocycles. The molecule has 1 N–H and O–H groups in total. The van der Waals surface area contributed by atoms with Crippen molar-refractivity contribution in [2.24, 2.45) is 0 Å². The zero-order valence-electron chi connectivity index (χ0n) is 14.8. The zero-order valence-corrected chi connectivity index (χ0v) is 14.8. The van der Waals surface area contributed by atoms with Gasteiger partial charge in [0.1, 0.15) is 5.82 Å². The largest absolute Gasteiger partial charge is 0.361 e. The minimum atomic E-state index is 0.707. The third kappa shape index (κ3) is 3.64. The van der Waals surface area contributed by atoms with Gasteiger partial charge in [0.05, 0.1) is 6.54 Å². The highest BCUT2D eigenvalue weighted by atomic mass is 15.5. The Balaban J connectivity index is 1.72. The Labute approximate surface area is 142 Å². The number of nitrogens with one attached hydrogen (secondary N) is 1. The van der Waals surface area contributed by atoms with Crippen LogP contribution in [0.15, 0.2) is 24.4 Å². The lowest BCUT2D eigenvalue weighted by Crippen LogP contribution is -2.24. The van der Waals surface area contributed by atoms with Crippen molar-refractivity contribution >= 4 is 10.9 Å². The van der Waals surface area contributed by atoms with Gasteiger partial charge in [-0.3, -0.25) is 0 Å². The van der Waals surface area contributed by atoms with Gasteiger partial charge in [-0.2, -0.15) is 0 Å². The van der Waals surface area contributed by atoms with E-state index < -0.39 is 0 Å². The molecular weight excluding hydrogens is 300 g/mol. The number of hydrogen-bond acceptors (Lipinski definition) is 4. The molecule has 24 heavy (non-hydrogen) atoms. The van der Waals surface area contributed by atoms with Gasteiger partial charge in [-0.1, -0.05) is 19.9 Å². The molecule has 0 aliphatic carbocycles. The summed E-state index contributed by atoms with van der Waals surface area (Å²) in [4.78, 5) is 5.86. The Hall–Kier alpha value is -2.21. The molecule has 0 aliphatic rings. The van der Waals surface area contributed by atoms with E-state index in [1.165, 1.54) is 28.5 Å². The molecule has 6 heteroatoms. The number of nitrogens with zero attached hydrogens (tertiary/aromatic N) is 5. The van der Waals surface area contributed by atoms with Crippen LogP contribution in [-0.4, -0.2) is 49.7 Å². The van der Waals surface area contributed by atoms with Gasteiger partial charge < -0.3 is 9.88 Å². The molecule has 0 amide bonds. The normalized spacial score (nSPS) is 11.7. The Bertz CT molecular complexity index is 784. The molecule has 0 spiro atoms. The van der Waals surface area contributed by atoms with Crippen LogP contribution in [0.25, 0.3) is 10.9 Å². The lowest BCUT2D eigenvalue weighted by molar-refractivity contribution is 0.300. The molecule has 6 nitrogen and oxygen atoms in total. The highest BCUT2D eigenvalue weighted by molar-refractivity contribution is 5.83. The second-order valence-electron chi connectivity index (χ2n) is 6.21. The molecule has 0 fully saturated rings. The molecule has 0 radical (unpaired) electrons. The molecule has 0 atom stereocenters. The summed E-state index contributed by atoms with van der Waals surface area (Å²) in [6.45, 7) is 10.5. The number of aromatic nitrogens is 5. The fourth-order valence-corrected chi connectivity index (χ4v) is 3.13. The van der Waals surface area contributed by atoms with Gasteiger partial charge in [0.15, 0.2) is 0 Å². The van der Waals surface area contributed by atoms with Gasteiger partial charge in [0.25, 0.3) is 0 Å². The number of hydrogen-bond donors (Lipinski definition) is 1. The first-order chi connectivity index (χ1) is 11.7. The van der Waals surface area contributed by atoms with Crippen LogP contribution in [0.4, 0.5) is 0 Å². The molecule has 2 aromatic heterocycles. The van der Waals surface area contributed by atoms with Gasteiger partial charge in [0, 0.05) is 17.1 Å². The van der Waals surface area contributed by atoms with Crippen LogP contribution in [0.5, 0.6) is 0 Å². The number of benzene rings is 1. The Morgan fingerprint density at radius 2 is 2.04 bits per heavy atom. The van der Waals surface area contributed by atoms with Gasteiger partial charge in [-0.05, 0) is 73.1 Å². The van der Waals surface area contributed by atoms with Gasteiger partial charge >= 0.3 is 0 Å². The van der Waals surface area contributed by atoms with Gasteiger partial charge in [-0.15, -0.1) is 5.10 Å². The van der Waals surface area contributed by atoms with Crippen LogP contribution in [0.2, 0.25) is 0 Å². The number of aryl methyl sites for hydroxylation is 2. The SMILES string of the molecule is CCN(CC)CCCc1c[nH]c2ccc(Cn3nnnc3C)cc12. The summed E-state index contributed by atoms with van der Waals surface area (Å²) < 4.78 is 1.83. The van der Waals surface area contributed by atoms with Crippen molar-refractivity contribution in [3.8, 4) is 0 Å². The van der Waals surface area contributed by atoms with Gasteiger partial charge in [0.2, 0.25) is 0 Å². The van der Waals surface area contributed by atoms with Crippen LogP contribution >= 0.6 is 0 Å². The molecule has 0 unspecified atom stereocenters. The summed E-state index contributed by atoms with van der Waals surface area (Å²) in [5.41, 5.74) is 3.82. The summed E-state index contributed by atoms with van der Waals surface area (Å²) in [5, 5.41) is 13.0. The average Bonchev–Trinajstić information content (AvgIpc) is 3.18. The molecule has 1 aromatic carbocycles. The first kappa shape index (κ1) is 16.6. The van der Waals surface area contributed by atoms with Crippen molar-refractivity contribution in [2.45, 2.75) is 40.2 Å². The highest BCUT2D eigenvalue weighted by Crippen LogP contribution is 2.22. The van der Waals surface area contributed by atoms with Crippen LogP contribution in [0, 0.1) is 6.92 Å². The minimum absolute atomic E-state index is 0.707. The van der Waals surface area contributed by atoms with E-state index in [0.29, 0.717) is 6.54 Å². The number of rotatable bonds is 8. The van der Waals surface area contributed by atoms with E-state index in [4.69, 9.17) is 0 Å². The fraction of sp³-hybridized carbons (Fsp3) is 0.500. The lowest BCUT2D eigenvalue weighted by Gasteiger charge is -2.17. The maximum atomic E-state index is 4.03. The highest BCUT2D eigenvalue weighted by Gasteiger charge is 2.08. The minimum Gasteiger partial charge on any atom is -0.361 e. The predicted molar refractivity (Wildman–Crippen MR) is 96.1 cm³/mol. The van der Waals surface area contributed by atoms with E-state index in [9.17, 15) is 0 Å². The van der Waals surface area contributed by atoms with E-state index in [-0.39, 0.29) is 0 Å². The molecule has 0 bridgehead atoms. The number of aromatic amines is 1. The second kappa shape index (κ2) is 7.57. The van der Waals surface area contributed by atoms with Crippen molar-refractivity contribution in [3.05, 3.63) is 41.3 Å². The summed E-state index contributed by atoms with van der Waals surface area (Å²) in [5.74, 6) is 0.837. The van der Waals surface area contributed by atoms with E-state index in [2.05, 4.69) is 63.7 Å². The third-order valence-electron chi connectivity index (χ3n) is 4.69. The van der Waals surface area contributed by atoms with Crippen molar-refractivity contribution in [3.63, 3.8) is 0 Å². The smallest absolute Gasteiger partial charge is 0.148 e. The average molecular weight is 326 g/mol. The summed E-state index contributed by atoms with van der Waals surface area (Å²) in [6.07, 6.45) is 4.44. The summed E-state index contributed by atoms with van der Waals surface area (Å²) in [7, 11) is 0. The van der Waals surface area contributed by atoms with Crippen molar-refractivity contribution < 1.29 is 0 Å². The molecule has 2 heterocycles. The Kier molecular flexibility index (Phi) is 5.25. The quantitative estimate of drug-likeness (QED) is 0.691. The molecule has 0 saturated carbocycles. The van der Waals surface area contributed by atoms with Crippen molar-refractivity contribution in [1.82, 2.24) is 30.1 Å². The monoisotopic (exact) mass is 326 g/mol. The maximum absolute atomic E-state index is 4.03. The molecule has 128 valence electrons. The number of fused-ring (bicyclic) bond motifs is 1. The summed E-state index contributed by atoms with van der Waals surface area (Å²) in [6, 6.07) is 6.55. The number of tetrazole rings is 1. The third-order valence-corrected chi connectivity index (χ3v) is 4.69. The lowest BCUT2D eigenvalue weighted by atomic mass is 10.1. The second-order valence-corrected chi connectivity index (χ2v) is 6.21. The van der Waals surface area contributed by atoms with Crippen LogP contribution in [0.3, 0.4) is 0 Å². The van der Waals surface area contributed by atoms with E-state index in [0.717, 1.165) is 31.9 Å². The van der Waals surface area contributed by atoms with Crippen LogP contribution in [0.1, 0.15) is 37.2 Å². The topological polar surface area (TPSA) is 62.6 Å². The zero-order chi connectivity index (χ0) is 16.9. The molecular formula is C18H26N6. The molecule has 3 rings (SSSR count). The molecule has 3 aromatic rings. The number of H-pyrrole nitrogens is 1. The molecule has 0 saturated heterocycles. The first-order valence-electron chi connectivity index (χ1n) is 8.75. The Morgan fingerprint density at radius 1 is 1.21 bits per heavy atom. The Morgan fingerprint density at radius 3 is 2.75 bits per heavy atom. The predicted octanol–water partition coefficient (Wildman–Crippen LogP) is 2.79. The fourth-order valence-electron chi connectivity index (χ4n) is 3.13. The van der Waals surface area contributed by atoms with E-state index in [1.807, 2.05) is 11.6 Å². The van der Waals surface area contributed by atoms with Gasteiger partial charge in [-0.25, -0.2) is 4.68 Å². The standard InChI is InChI=1S/C18H26N6/c1-4-23(5-2)10-6-7-16-12-19-18-9-8-15(11-17(16)18)13-24-14(3)20-21-22-24/h8-9,11-12,19H,4-7,10,13H2,1-3H3. The van der Waals surface area contributed by atoms with Crippen LogP contribution in [-0.2, 0) is 13.0 Å². The maximum Gasteiger partial charge on any atom is 0.148 e.